The van der Waals surface area contributed by atoms with Crippen molar-refractivity contribution in [3.63, 3.8) is 0 Å². The molecule has 2 heteroatoms. The monoisotopic (exact) mass is 254 g/mol. The van der Waals surface area contributed by atoms with Crippen LogP contribution in [0, 0.1) is 5.41 Å². The zero-order chi connectivity index (χ0) is 13.6. The Labute approximate surface area is 115 Å². The van der Waals surface area contributed by atoms with Crippen molar-refractivity contribution in [1.29, 1.82) is 0 Å². The van der Waals surface area contributed by atoms with Crippen LogP contribution >= 0.6 is 0 Å². The summed E-state index contributed by atoms with van der Waals surface area (Å²) in [6.07, 6.45) is 8.52. The Kier molecular flexibility index (Phi) is 6.13. The first-order valence-corrected chi connectivity index (χ1v) is 7.80. The first-order valence-electron chi connectivity index (χ1n) is 7.80. The van der Waals surface area contributed by atoms with E-state index in [0.29, 0.717) is 5.41 Å². The van der Waals surface area contributed by atoms with E-state index in [0.717, 1.165) is 6.54 Å². The molecule has 18 heavy (non-hydrogen) atoms. The molecule has 0 radical (unpaired) electrons. The highest BCUT2D eigenvalue weighted by atomic mass is 15.1. The van der Waals surface area contributed by atoms with Crippen LogP contribution in [0.25, 0.3) is 0 Å². The van der Waals surface area contributed by atoms with Gasteiger partial charge in [0.15, 0.2) is 0 Å². The topological polar surface area (TPSA) is 15.3 Å². The molecule has 0 atom stereocenters. The summed E-state index contributed by atoms with van der Waals surface area (Å²) in [7, 11) is 2.27. The largest absolute Gasteiger partial charge is 0.311 e. The van der Waals surface area contributed by atoms with E-state index < -0.39 is 0 Å². The number of nitrogens with zero attached hydrogens (tertiary/aromatic N) is 1. The van der Waals surface area contributed by atoms with Crippen LogP contribution in [0.3, 0.4) is 0 Å². The second-order valence-corrected chi connectivity index (χ2v) is 7.35. The van der Waals surface area contributed by atoms with Gasteiger partial charge < -0.3 is 10.2 Å². The molecule has 0 aromatic heterocycles. The number of nitrogens with one attached hydrogen (secondary N) is 1. The summed E-state index contributed by atoms with van der Waals surface area (Å²) in [5.41, 5.74) is 0.749. The summed E-state index contributed by atoms with van der Waals surface area (Å²) in [5, 5.41) is 3.76. The van der Waals surface area contributed by atoms with Crippen LogP contribution < -0.4 is 5.32 Å². The van der Waals surface area contributed by atoms with Crippen molar-refractivity contribution in [1.82, 2.24) is 10.2 Å². The van der Waals surface area contributed by atoms with Crippen molar-refractivity contribution >= 4 is 0 Å². The summed E-state index contributed by atoms with van der Waals surface area (Å²) >= 11 is 0. The third-order valence-electron chi connectivity index (χ3n) is 4.30. The lowest BCUT2D eigenvalue weighted by Crippen LogP contribution is -2.48. The van der Waals surface area contributed by atoms with Crippen LogP contribution in [0.4, 0.5) is 0 Å². The number of rotatable bonds is 5. The lowest BCUT2D eigenvalue weighted by atomic mass is 9.79. The van der Waals surface area contributed by atoms with Gasteiger partial charge in [-0.25, -0.2) is 0 Å². The van der Waals surface area contributed by atoms with Crippen LogP contribution in [0.15, 0.2) is 0 Å². The summed E-state index contributed by atoms with van der Waals surface area (Å²) in [4.78, 5) is 2.50. The van der Waals surface area contributed by atoms with Crippen LogP contribution in [0.2, 0.25) is 0 Å². The van der Waals surface area contributed by atoms with E-state index in [1.54, 1.807) is 0 Å². The van der Waals surface area contributed by atoms with Crippen LogP contribution in [-0.4, -0.2) is 37.1 Å². The molecule has 0 aromatic carbocycles. The molecule has 2 nitrogen and oxygen atoms in total. The molecule has 0 spiro atoms. The third-order valence-corrected chi connectivity index (χ3v) is 4.30. The minimum atomic E-state index is 0.240. The van der Waals surface area contributed by atoms with E-state index in [1.165, 1.54) is 51.6 Å². The second kappa shape index (κ2) is 6.91. The smallest absolute Gasteiger partial charge is 0.00967 e. The first kappa shape index (κ1) is 16.0. The second-order valence-electron chi connectivity index (χ2n) is 7.35. The molecule has 0 aromatic rings. The molecule has 0 unspecified atom stereocenters. The number of hydrogen-bond donors (Lipinski definition) is 1. The SMILES string of the molecule is CCN(C)CC1(CNC(C)(C)C)CCCCCC1. The average molecular weight is 254 g/mol. The predicted octanol–water partition coefficient (Wildman–Crippen LogP) is 3.67. The van der Waals surface area contributed by atoms with Gasteiger partial charge in [0.25, 0.3) is 0 Å². The Bertz CT molecular complexity index is 222. The van der Waals surface area contributed by atoms with Crippen LogP contribution in [-0.2, 0) is 0 Å². The van der Waals surface area contributed by atoms with Crippen LogP contribution in [0.5, 0.6) is 0 Å². The molecule has 0 bridgehead atoms. The molecule has 1 aliphatic rings. The fourth-order valence-electron chi connectivity index (χ4n) is 3.01. The Balaban J connectivity index is 2.65. The van der Waals surface area contributed by atoms with E-state index in [-0.39, 0.29) is 5.54 Å². The molecule has 1 saturated carbocycles. The molecule has 1 N–H and O–H groups in total. The maximum atomic E-state index is 3.76. The highest BCUT2D eigenvalue weighted by Gasteiger charge is 2.32. The summed E-state index contributed by atoms with van der Waals surface area (Å²) in [6, 6.07) is 0. The Morgan fingerprint density at radius 1 is 1.06 bits per heavy atom. The third kappa shape index (κ3) is 5.71. The normalized spacial score (nSPS) is 21.0. The van der Waals surface area contributed by atoms with Gasteiger partial charge in [-0.15, -0.1) is 0 Å². The van der Waals surface area contributed by atoms with Gasteiger partial charge in [-0.2, -0.15) is 0 Å². The molecule has 0 amide bonds. The van der Waals surface area contributed by atoms with E-state index in [2.05, 4.69) is 45.0 Å². The highest BCUT2D eigenvalue weighted by Crippen LogP contribution is 2.35. The molecular formula is C16H34N2. The van der Waals surface area contributed by atoms with E-state index >= 15 is 0 Å². The van der Waals surface area contributed by atoms with Gasteiger partial charge in [0.2, 0.25) is 0 Å². The van der Waals surface area contributed by atoms with E-state index in [1.807, 2.05) is 0 Å². The number of hydrogen-bond acceptors (Lipinski definition) is 2. The van der Waals surface area contributed by atoms with Gasteiger partial charge in [-0.1, -0.05) is 32.6 Å². The molecule has 1 aliphatic carbocycles. The van der Waals surface area contributed by atoms with Crippen molar-refractivity contribution in [2.45, 2.75) is 71.8 Å². The van der Waals surface area contributed by atoms with Crippen molar-refractivity contribution in [3.8, 4) is 0 Å². The van der Waals surface area contributed by atoms with Crippen molar-refractivity contribution in [3.05, 3.63) is 0 Å². The fourth-order valence-corrected chi connectivity index (χ4v) is 3.01. The fraction of sp³-hybridized carbons (Fsp3) is 1.00. The average Bonchev–Trinajstić information content (AvgIpc) is 2.52. The molecular weight excluding hydrogens is 220 g/mol. The molecule has 0 aliphatic heterocycles. The van der Waals surface area contributed by atoms with Crippen molar-refractivity contribution in [2.24, 2.45) is 5.41 Å². The quantitative estimate of drug-likeness (QED) is 0.753. The zero-order valence-corrected chi connectivity index (χ0v) is 13.3. The lowest BCUT2D eigenvalue weighted by molar-refractivity contribution is 0.139. The van der Waals surface area contributed by atoms with Gasteiger partial charge in [-0.05, 0) is 52.6 Å². The van der Waals surface area contributed by atoms with Crippen molar-refractivity contribution in [2.75, 3.05) is 26.7 Å². The minimum Gasteiger partial charge on any atom is -0.311 e. The van der Waals surface area contributed by atoms with Crippen LogP contribution in [0.1, 0.15) is 66.2 Å². The Morgan fingerprint density at radius 2 is 1.61 bits per heavy atom. The van der Waals surface area contributed by atoms with E-state index in [9.17, 15) is 0 Å². The van der Waals surface area contributed by atoms with Gasteiger partial charge >= 0.3 is 0 Å². The molecule has 108 valence electrons. The first-order chi connectivity index (χ1) is 8.37. The molecule has 1 fully saturated rings. The summed E-state index contributed by atoms with van der Waals surface area (Å²) < 4.78 is 0. The lowest BCUT2D eigenvalue weighted by Gasteiger charge is -2.39. The molecule has 1 rings (SSSR count). The zero-order valence-electron chi connectivity index (χ0n) is 13.3. The van der Waals surface area contributed by atoms with Gasteiger partial charge in [0.05, 0.1) is 0 Å². The summed E-state index contributed by atoms with van der Waals surface area (Å²) in [5.74, 6) is 0. The Morgan fingerprint density at radius 3 is 2.06 bits per heavy atom. The Hall–Kier alpha value is -0.0800. The predicted molar refractivity (Wildman–Crippen MR) is 81.1 cm³/mol. The van der Waals surface area contributed by atoms with Gasteiger partial charge in [0, 0.05) is 18.6 Å². The summed E-state index contributed by atoms with van der Waals surface area (Å²) in [6.45, 7) is 12.7. The maximum Gasteiger partial charge on any atom is 0.00967 e. The van der Waals surface area contributed by atoms with Crippen molar-refractivity contribution < 1.29 is 0 Å². The van der Waals surface area contributed by atoms with Gasteiger partial charge in [-0.3, -0.25) is 0 Å². The van der Waals surface area contributed by atoms with Gasteiger partial charge in [0.1, 0.15) is 0 Å². The highest BCUT2D eigenvalue weighted by molar-refractivity contribution is 4.88. The van der Waals surface area contributed by atoms with E-state index in [4.69, 9.17) is 0 Å². The minimum absolute atomic E-state index is 0.240. The molecule has 0 heterocycles. The standard InChI is InChI=1S/C16H34N2/c1-6-18(5)14-16(13-17-15(2,3)4)11-9-7-8-10-12-16/h17H,6-14H2,1-5H3. The maximum absolute atomic E-state index is 3.76. The molecule has 0 saturated heterocycles.